The number of hydrogen-bond donors (Lipinski definition) is 1. The van der Waals surface area contributed by atoms with E-state index in [9.17, 15) is 8.42 Å². The van der Waals surface area contributed by atoms with Gasteiger partial charge in [0.05, 0.1) is 15.6 Å². The fraction of sp³-hybridized carbons (Fsp3) is 0.278. The second kappa shape index (κ2) is 7.37. The molecule has 0 atom stereocenters. The Labute approximate surface area is 156 Å². The average molecular weight is 393 g/mol. The SMILES string of the molecule is Cc1nc(-c2ccc(C)c(S(=O)(=O)NCCc3sccc3C)c2)cs1. The van der Waals surface area contributed by atoms with Crippen LogP contribution in [0.25, 0.3) is 11.3 Å². The van der Waals surface area contributed by atoms with Gasteiger partial charge < -0.3 is 0 Å². The minimum absolute atomic E-state index is 0.318. The molecule has 0 aliphatic rings. The maximum atomic E-state index is 12.7. The van der Waals surface area contributed by atoms with E-state index in [1.807, 2.05) is 43.7 Å². The van der Waals surface area contributed by atoms with E-state index in [4.69, 9.17) is 0 Å². The Morgan fingerprint density at radius 1 is 1.08 bits per heavy atom. The molecule has 2 heterocycles. The quantitative estimate of drug-likeness (QED) is 0.680. The molecule has 4 nitrogen and oxygen atoms in total. The lowest BCUT2D eigenvalue weighted by Crippen LogP contribution is -2.26. The molecule has 0 saturated heterocycles. The van der Waals surface area contributed by atoms with Crippen molar-refractivity contribution in [1.29, 1.82) is 0 Å². The molecule has 0 saturated carbocycles. The van der Waals surface area contributed by atoms with Gasteiger partial charge in [-0.2, -0.15) is 0 Å². The second-order valence-corrected chi connectivity index (χ2v) is 9.70. The van der Waals surface area contributed by atoms with E-state index in [2.05, 4.69) is 15.8 Å². The number of nitrogens with one attached hydrogen (secondary N) is 1. The van der Waals surface area contributed by atoms with Crippen molar-refractivity contribution >= 4 is 32.7 Å². The third kappa shape index (κ3) is 4.17. The van der Waals surface area contributed by atoms with E-state index in [1.165, 1.54) is 10.4 Å². The maximum absolute atomic E-state index is 12.7. The van der Waals surface area contributed by atoms with E-state index in [0.29, 0.717) is 17.9 Å². The van der Waals surface area contributed by atoms with Crippen molar-refractivity contribution in [2.24, 2.45) is 0 Å². The van der Waals surface area contributed by atoms with Gasteiger partial charge in [0.2, 0.25) is 10.0 Å². The number of benzene rings is 1. The molecule has 0 unspecified atom stereocenters. The standard InChI is InChI=1S/C18H20N2O2S3/c1-12-7-9-23-17(12)6-8-19-25(21,22)18-10-15(5-4-13(18)2)16-11-24-14(3)20-16/h4-5,7,9-11,19H,6,8H2,1-3H3. The van der Waals surface area contributed by atoms with Crippen molar-refractivity contribution in [2.45, 2.75) is 32.1 Å². The minimum Gasteiger partial charge on any atom is -0.242 e. The molecule has 25 heavy (non-hydrogen) atoms. The molecule has 1 N–H and O–H groups in total. The van der Waals surface area contributed by atoms with Gasteiger partial charge in [-0.05, 0) is 55.8 Å². The smallest absolute Gasteiger partial charge is 0.240 e. The Bertz CT molecular complexity index is 987. The number of rotatable bonds is 6. The lowest BCUT2D eigenvalue weighted by Gasteiger charge is -2.10. The van der Waals surface area contributed by atoms with Crippen LogP contribution >= 0.6 is 22.7 Å². The summed E-state index contributed by atoms with van der Waals surface area (Å²) < 4.78 is 28.2. The van der Waals surface area contributed by atoms with Crippen molar-refractivity contribution in [3.8, 4) is 11.3 Å². The van der Waals surface area contributed by atoms with Gasteiger partial charge in [-0.3, -0.25) is 0 Å². The van der Waals surface area contributed by atoms with Gasteiger partial charge in [-0.15, -0.1) is 22.7 Å². The molecule has 0 radical (unpaired) electrons. The Morgan fingerprint density at radius 3 is 2.52 bits per heavy atom. The number of aryl methyl sites for hydroxylation is 3. The molecule has 0 aliphatic heterocycles. The molecule has 3 aromatic rings. The molecule has 0 amide bonds. The topological polar surface area (TPSA) is 59.1 Å². The normalized spacial score (nSPS) is 11.8. The Hall–Kier alpha value is -1.54. The monoisotopic (exact) mass is 392 g/mol. The summed E-state index contributed by atoms with van der Waals surface area (Å²) in [6, 6.07) is 7.51. The molecule has 0 bridgehead atoms. The molecule has 132 valence electrons. The van der Waals surface area contributed by atoms with Crippen LogP contribution in [0.3, 0.4) is 0 Å². The molecule has 0 fully saturated rings. The van der Waals surface area contributed by atoms with Gasteiger partial charge in [-0.25, -0.2) is 18.1 Å². The molecular weight excluding hydrogens is 372 g/mol. The summed E-state index contributed by atoms with van der Waals surface area (Å²) in [7, 11) is -3.55. The van der Waals surface area contributed by atoms with Crippen LogP contribution < -0.4 is 4.72 Å². The van der Waals surface area contributed by atoms with Crippen molar-refractivity contribution in [2.75, 3.05) is 6.54 Å². The maximum Gasteiger partial charge on any atom is 0.240 e. The summed E-state index contributed by atoms with van der Waals surface area (Å²) in [5.74, 6) is 0. The molecule has 3 rings (SSSR count). The molecule has 0 spiro atoms. The lowest BCUT2D eigenvalue weighted by atomic mass is 10.1. The van der Waals surface area contributed by atoms with E-state index < -0.39 is 10.0 Å². The zero-order valence-corrected chi connectivity index (χ0v) is 16.8. The number of aromatic nitrogens is 1. The van der Waals surface area contributed by atoms with Gasteiger partial charge >= 0.3 is 0 Å². The highest BCUT2D eigenvalue weighted by Gasteiger charge is 2.18. The summed E-state index contributed by atoms with van der Waals surface area (Å²) in [6.45, 7) is 6.19. The summed E-state index contributed by atoms with van der Waals surface area (Å²) in [4.78, 5) is 5.98. The van der Waals surface area contributed by atoms with Crippen molar-refractivity contribution < 1.29 is 8.42 Å². The minimum atomic E-state index is -3.55. The summed E-state index contributed by atoms with van der Waals surface area (Å²) >= 11 is 3.21. The van der Waals surface area contributed by atoms with Crippen LogP contribution in [-0.2, 0) is 16.4 Å². The first kappa shape index (κ1) is 18.3. The van der Waals surface area contributed by atoms with Gasteiger partial charge in [0.1, 0.15) is 0 Å². The van der Waals surface area contributed by atoms with Gasteiger partial charge in [0.25, 0.3) is 0 Å². The largest absolute Gasteiger partial charge is 0.242 e. The van der Waals surface area contributed by atoms with E-state index in [0.717, 1.165) is 21.8 Å². The Balaban J connectivity index is 1.80. The van der Waals surface area contributed by atoms with E-state index >= 15 is 0 Å². The van der Waals surface area contributed by atoms with Crippen LogP contribution in [0.5, 0.6) is 0 Å². The third-order valence-electron chi connectivity index (χ3n) is 4.00. The van der Waals surface area contributed by atoms with Crippen molar-refractivity contribution in [1.82, 2.24) is 9.71 Å². The lowest BCUT2D eigenvalue weighted by molar-refractivity contribution is 0.581. The fourth-order valence-electron chi connectivity index (χ4n) is 2.58. The molecule has 7 heteroatoms. The highest BCUT2D eigenvalue weighted by atomic mass is 32.2. The van der Waals surface area contributed by atoms with E-state index in [1.54, 1.807) is 28.7 Å². The number of thiophene rings is 1. The zero-order valence-electron chi connectivity index (χ0n) is 14.4. The predicted octanol–water partition coefficient (Wildman–Crippen LogP) is 4.32. The molecular formula is C18H20N2O2S3. The number of hydrogen-bond acceptors (Lipinski definition) is 5. The molecule has 2 aromatic heterocycles. The van der Waals surface area contributed by atoms with Crippen LogP contribution in [0.1, 0.15) is 21.0 Å². The second-order valence-electron chi connectivity index (χ2n) is 5.91. The first-order valence-corrected chi connectivity index (χ1v) is 11.2. The van der Waals surface area contributed by atoms with Crippen LogP contribution in [0.2, 0.25) is 0 Å². The average Bonchev–Trinajstić information content (AvgIpc) is 3.16. The molecule has 0 aliphatic carbocycles. The van der Waals surface area contributed by atoms with Crippen LogP contribution in [0, 0.1) is 20.8 Å². The first-order chi connectivity index (χ1) is 11.9. The number of thiazole rings is 1. The fourth-order valence-corrected chi connectivity index (χ4v) is 5.41. The van der Waals surface area contributed by atoms with Crippen LogP contribution in [-0.4, -0.2) is 19.9 Å². The Morgan fingerprint density at radius 2 is 1.88 bits per heavy atom. The summed E-state index contributed by atoms with van der Waals surface area (Å²) in [5, 5.41) is 4.94. The zero-order chi connectivity index (χ0) is 18.0. The Kier molecular flexibility index (Phi) is 5.38. The molecule has 1 aromatic carbocycles. The predicted molar refractivity (Wildman–Crippen MR) is 105 cm³/mol. The first-order valence-electron chi connectivity index (χ1n) is 7.92. The van der Waals surface area contributed by atoms with Crippen molar-refractivity contribution in [3.05, 3.63) is 56.0 Å². The van der Waals surface area contributed by atoms with Crippen LogP contribution in [0.4, 0.5) is 0 Å². The van der Waals surface area contributed by atoms with Gasteiger partial charge in [0.15, 0.2) is 0 Å². The highest BCUT2D eigenvalue weighted by molar-refractivity contribution is 7.89. The van der Waals surface area contributed by atoms with Gasteiger partial charge in [-0.1, -0.05) is 12.1 Å². The summed E-state index contributed by atoms with van der Waals surface area (Å²) in [6.07, 6.45) is 0.701. The van der Waals surface area contributed by atoms with Gasteiger partial charge in [0, 0.05) is 22.4 Å². The number of sulfonamides is 1. The number of nitrogens with zero attached hydrogens (tertiary/aromatic N) is 1. The third-order valence-corrected chi connectivity index (χ3v) is 7.46. The van der Waals surface area contributed by atoms with E-state index in [-0.39, 0.29) is 0 Å². The van der Waals surface area contributed by atoms with Crippen molar-refractivity contribution in [3.63, 3.8) is 0 Å². The van der Waals surface area contributed by atoms with Crippen LogP contribution in [0.15, 0.2) is 39.9 Å². The summed E-state index contributed by atoms with van der Waals surface area (Å²) in [5.41, 5.74) is 3.58. The highest BCUT2D eigenvalue weighted by Crippen LogP contribution is 2.26.